The van der Waals surface area contributed by atoms with Gasteiger partial charge in [0.1, 0.15) is 6.61 Å². The number of benzene rings is 2. The maximum absolute atomic E-state index is 10.4. The van der Waals surface area contributed by atoms with E-state index in [2.05, 4.69) is 33.8 Å². The summed E-state index contributed by atoms with van der Waals surface area (Å²) in [5.41, 5.74) is 2.28. The van der Waals surface area contributed by atoms with Crippen LogP contribution in [0.4, 0.5) is 0 Å². The Kier molecular flexibility index (Phi) is 7.16. The standard InChI is InChI=1S/C22H28BrNO3/c1-3-24-11-10-20(25)18(14-24)12-17-6-9-21(22(13-17)26-2)27-15-16-4-7-19(23)8-5-16/h4-9,13,18,20,25H,3,10-12,14-15H2,1-2H3. The summed E-state index contributed by atoms with van der Waals surface area (Å²) in [6, 6.07) is 14.2. The van der Waals surface area contributed by atoms with Crippen molar-refractivity contribution in [1.29, 1.82) is 0 Å². The van der Waals surface area contributed by atoms with Crippen LogP contribution in [0.2, 0.25) is 0 Å². The molecule has 0 bridgehead atoms. The summed E-state index contributed by atoms with van der Waals surface area (Å²) in [7, 11) is 1.67. The molecule has 146 valence electrons. The molecule has 0 aromatic heterocycles. The van der Waals surface area contributed by atoms with Gasteiger partial charge in [0.25, 0.3) is 0 Å². The van der Waals surface area contributed by atoms with Gasteiger partial charge in [0.15, 0.2) is 11.5 Å². The van der Waals surface area contributed by atoms with E-state index >= 15 is 0 Å². The highest BCUT2D eigenvalue weighted by Crippen LogP contribution is 2.31. The summed E-state index contributed by atoms with van der Waals surface area (Å²) in [5, 5.41) is 10.4. The molecule has 0 radical (unpaired) electrons. The Hall–Kier alpha value is -1.56. The Balaban J connectivity index is 1.65. The number of methoxy groups -OCH3 is 1. The molecule has 2 aromatic carbocycles. The van der Waals surface area contributed by atoms with Crippen LogP contribution in [0.15, 0.2) is 46.9 Å². The van der Waals surface area contributed by atoms with E-state index in [4.69, 9.17) is 9.47 Å². The average Bonchev–Trinajstić information content (AvgIpc) is 2.69. The van der Waals surface area contributed by atoms with Crippen molar-refractivity contribution in [3.05, 3.63) is 58.1 Å². The van der Waals surface area contributed by atoms with Crippen molar-refractivity contribution >= 4 is 15.9 Å². The molecule has 2 unspecified atom stereocenters. The third-order valence-corrected chi connectivity index (χ3v) is 5.79. The molecule has 2 atom stereocenters. The number of ether oxygens (including phenoxy) is 2. The lowest BCUT2D eigenvalue weighted by molar-refractivity contribution is 0.0290. The molecule has 0 saturated carbocycles. The number of likely N-dealkylation sites (tertiary alicyclic amines) is 1. The fourth-order valence-corrected chi connectivity index (χ4v) is 3.85. The number of rotatable bonds is 7. The molecule has 0 spiro atoms. The second-order valence-corrected chi connectivity index (χ2v) is 8.03. The first kappa shape index (κ1) is 20.2. The zero-order chi connectivity index (χ0) is 19.2. The largest absolute Gasteiger partial charge is 0.493 e. The van der Waals surface area contributed by atoms with Crippen LogP contribution in [0.25, 0.3) is 0 Å². The highest BCUT2D eigenvalue weighted by molar-refractivity contribution is 9.10. The lowest BCUT2D eigenvalue weighted by Crippen LogP contribution is -2.43. The maximum atomic E-state index is 10.4. The fourth-order valence-electron chi connectivity index (χ4n) is 3.59. The molecule has 1 heterocycles. The fraction of sp³-hybridized carbons (Fsp3) is 0.455. The normalized spacial score (nSPS) is 20.4. The van der Waals surface area contributed by atoms with Crippen LogP contribution in [-0.2, 0) is 13.0 Å². The Morgan fingerprint density at radius 1 is 1.11 bits per heavy atom. The van der Waals surface area contributed by atoms with Crippen molar-refractivity contribution in [2.24, 2.45) is 5.92 Å². The van der Waals surface area contributed by atoms with Crippen molar-refractivity contribution in [2.75, 3.05) is 26.7 Å². The lowest BCUT2D eigenvalue weighted by Gasteiger charge is -2.35. The Bertz CT molecular complexity index is 735. The first-order valence-electron chi connectivity index (χ1n) is 9.53. The van der Waals surface area contributed by atoms with Gasteiger partial charge in [-0.3, -0.25) is 0 Å². The van der Waals surface area contributed by atoms with E-state index in [0.29, 0.717) is 6.61 Å². The minimum absolute atomic E-state index is 0.230. The van der Waals surface area contributed by atoms with E-state index in [9.17, 15) is 5.11 Å². The van der Waals surface area contributed by atoms with Crippen molar-refractivity contribution in [3.63, 3.8) is 0 Å². The van der Waals surface area contributed by atoms with E-state index in [1.807, 2.05) is 36.4 Å². The summed E-state index contributed by atoms with van der Waals surface area (Å²) in [4.78, 5) is 2.41. The average molecular weight is 434 g/mol. The van der Waals surface area contributed by atoms with Gasteiger partial charge < -0.3 is 19.5 Å². The maximum Gasteiger partial charge on any atom is 0.161 e. The topological polar surface area (TPSA) is 41.9 Å². The first-order valence-corrected chi connectivity index (χ1v) is 10.3. The molecule has 4 nitrogen and oxygen atoms in total. The number of piperidine rings is 1. The van der Waals surface area contributed by atoms with E-state index in [1.165, 1.54) is 5.56 Å². The van der Waals surface area contributed by atoms with Crippen molar-refractivity contribution in [3.8, 4) is 11.5 Å². The molecular weight excluding hydrogens is 406 g/mol. The Morgan fingerprint density at radius 3 is 2.56 bits per heavy atom. The lowest BCUT2D eigenvalue weighted by atomic mass is 9.88. The molecule has 3 rings (SSSR count). The third-order valence-electron chi connectivity index (χ3n) is 5.26. The van der Waals surface area contributed by atoms with Crippen molar-refractivity contribution in [2.45, 2.75) is 32.5 Å². The number of nitrogens with zero attached hydrogens (tertiary/aromatic N) is 1. The van der Waals surface area contributed by atoms with E-state index in [1.54, 1.807) is 7.11 Å². The van der Waals surface area contributed by atoms with Gasteiger partial charge in [-0.15, -0.1) is 0 Å². The van der Waals surface area contributed by atoms with Gasteiger partial charge in [-0.2, -0.15) is 0 Å². The van der Waals surface area contributed by atoms with Gasteiger partial charge in [-0.25, -0.2) is 0 Å². The quantitative estimate of drug-likeness (QED) is 0.707. The summed E-state index contributed by atoms with van der Waals surface area (Å²) >= 11 is 3.44. The van der Waals surface area contributed by atoms with Crippen LogP contribution in [0.5, 0.6) is 11.5 Å². The molecule has 1 saturated heterocycles. The number of halogens is 1. The monoisotopic (exact) mass is 433 g/mol. The molecule has 0 amide bonds. The summed E-state index contributed by atoms with van der Waals surface area (Å²) in [6.07, 6.45) is 1.47. The van der Waals surface area contributed by atoms with E-state index in [-0.39, 0.29) is 12.0 Å². The zero-order valence-corrected chi connectivity index (χ0v) is 17.6. The predicted molar refractivity (Wildman–Crippen MR) is 111 cm³/mol. The van der Waals surface area contributed by atoms with Gasteiger partial charge >= 0.3 is 0 Å². The molecule has 0 aliphatic carbocycles. The van der Waals surface area contributed by atoms with E-state index < -0.39 is 0 Å². The molecule has 27 heavy (non-hydrogen) atoms. The van der Waals surface area contributed by atoms with Crippen LogP contribution < -0.4 is 9.47 Å². The minimum atomic E-state index is -0.230. The third kappa shape index (κ3) is 5.47. The molecule has 5 heteroatoms. The van der Waals surface area contributed by atoms with Crippen LogP contribution >= 0.6 is 15.9 Å². The van der Waals surface area contributed by atoms with Crippen LogP contribution in [0.3, 0.4) is 0 Å². The highest BCUT2D eigenvalue weighted by atomic mass is 79.9. The number of hydrogen-bond donors (Lipinski definition) is 1. The summed E-state index contributed by atoms with van der Waals surface area (Å²) in [5.74, 6) is 1.74. The Morgan fingerprint density at radius 2 is 1.85 bits per heavy atom. The van der Waals surface area contributed by atoms with Gasteiger partial charge in [-0.05, 0) is 54.8 Å². The predicted octanol–water partition coefficient (Wildman–Crippen LogP) is 4.28. The molecule has 1 fully saturated rings. The van der Waals surface area contributed by atoms with E-state index in [0.717, 1.165) is 54.0 Å². The van der Waals surface area contributed by atoms with Crippen LogP contribution in [-0.4, -0.2) is 42.9 Å². The van der Waals surface area contributed by atoms with Gasteiger partial charge in [0, 0.05) is 23.5 Å². The second-order valence-electron chi connectivity index (χ2n) is 7.11. The van der Waals surface area contributed by atoms with Gasteiger partial charge in [-0.1, -0.05) is 41.1 Å². The van der Waals surface area contributed by atoms with Crippen molar-refractivity contribution in [1.82, 2.24) is 4.90 Å². The second kappa shape index (κ2) is 9.58. The molecule has 1 N–H and O–H groups in total. The van der Waals surface area contributed by atoms with Gasteiger partial charge in [0.05, 0.1) is 13.2 Å². The molecule has 1 aliphatic rings. The Labute approximate surface area is 170 Å². The molecule has 2 aromatic rings. The summed E-state index contributed by atoms with van der Waals surface area (Å²) < 4.78 is 12.6. The van der Waals surface area contributed by atoms with Crippen LogP contribution in [0, 0.1) is 5.92 Å². The highest BCUT2D eigenvalue weighted by Gasteiger charge is 2.27. The summed E-state index contributed by atoms with van der Waals surface area (Å²) in [6.45, 7) is 5.64. The number of aliphatic hydroxyl groups is 1. The minimum Gasteiger partial charge on any atom is -0.493 e. The molecular formula is C22H28BrNO3. The van der Waals surface area contributed by atoms with Gasteiger partial charge in [0.2, 0.25) is 0 Å². The first-order chi connectivity index (χ1) is 13.1. The molecule has 1 aliphatic heterocycles. The van der Waals surface area contributed by atoms with Crippen molar-refractivity contribution < 1.29 is 14.6 Å². The smallest absolute Gasteiger partial charge is 0.161 e. The number of hydrogen-bond acceptors (Lipinski definition) is 4. The van der Waals surface area contributed by atoms with Crippen LogP contribution in [0.1, 0.15) is 24.5 Å². The SMILES string of the molecule is CCN1CCC(O)C(Cc2ccc(OCc3ccc(Br)cc3)c(OC)c2)C1. The number of aliphatic hydroxyl groups excluding tert-OH is 1. The zero-order valence-electron chi connectivity index (χ0n) is 16.0.